The highest BCUT2D eigenvalue weighted by Gasteiger charge is 2.25. The van der Waals surface area contributed by atoms with Crippen molar-refractivity contribution in [3.8, 4) is 0 Å². The Kier molecular flexibility index (Phi) is 5.64. The zero-order valence-corrected chi connectivity index (χ0v) is 17.9. The smallest absolute Gasteiger partial charge is 0.332 e. The Labute approximate surface area is 194 Å². The molecule has 34 heavy (non-hydrogen) atoms. The van der Waals surface area contributed by atoms with Gasteiger partial charge in [0.1, 0.15) is 6.33 Å². The first kappa shape index (κ1) is 20.8. The average Bonchev–Trinajstić information content (AvgIpc) is 2.88. The molecule has 2 N–H and O–H groups in total. The van der Waals surface area contributed by atoms with E-state index in [1.165, 1.54) is 6.33 Å². The van der Waals surface area contributed by atoms with E-state index in [0.29, 0.717) is 11.2 Å². The van der Waals surface area contributed by atoms with Gasteiger partial charge in [0.25, 0.3) is 0 Å². The lowest BCUT2D eigenvalue weighted by Crippen LogP contribution is -2.26. The second kappa shape index (κ2) is 9.21. The molecule has 0 atom stereocenters. The molecule has 5 rings (SSSR count). The van der Waals surface area contributed by atoms with Crippen LogP contribution in [0.2, 0.25) is 0 Å². The van der Waals surface area contributed by atoms with E-state index in [1.54, 1.807) is 17.3 Å². The van der Waals surface area contributed by atoms with Crippen molar-refractivity contribution >= 4 is 45.3 Å². The number of anilines is 5. The molecule has 166 valence electrons. The SMILES string of the molecule is O=[N+]([O-])c1c(Nc2cccc3cccnc23)ncnc1NN(c1ccccc1)c1ccccc1. The van der Waals surface area contributed by atoms with E-state index >= 15 is 0 Å². The molecular weight excluding hydrogens is 430 g/mol. The van der Waals surface area contributed by atoms with E-state index in [0.717, 1.165) is 16.8 Å². The van der Waals surface area contributed by atoms with Crippen molar-refractivity contribution in [3.05, 3.63) is 114 Å². The minimum absolute atomic E-state index is 0.0448. The van der Waals surface area contributed by atoms with Crippen molar-refractivity contribution in [2.45, 2.75) is 0 Å². The number of rotatable bonds is 7. The number of hydrazine groups is 1. The highest BCUT2D eigenvalue weighted by Crippen LogP contribution is 2.35. The van der Waals surface area contributed by atoms with E-state index in [4.69, 9.17) is 0 Å². The van der Waals surface area contributed by atoms with E-state index in [-0.39, 0.29) is 17.3 Å². The van der Waals surface area contributed by atoms with Gasteiger partial charge in [0.15, 0.2) is 0 Å². The third kappa shape index (κ3) is 4.17. The molecule has 0 aliphatic rings. The lowest BCUT2D eigenvalue weighted by Gasteiger charge is -2.26. The minimum atomic E-state index is -0.503. The van der Waals surface area contributed by atoms with Crippen LogP contribution in [0.4, 0.5) is 34.4 Å². The van der Waals surface area contributed by atoms with Gasteiger partial charge in [-0.3, -0.25) is 25.5 Å². The molecule has 0 saturated heterocycles. The summed E-state index contributed by atoms with van der Waals surface area (Å²) in [6.45, 7) is 0. The minimum Gasteiger partial charge on any atom is -0.332 e. The van der Waals surface area contributed by atoms with Crippen molar-refractivity contribution in [2.24, 2.45) is 0 Å². The van der Waals surface area contributed by atoms with Crippen molar-refractivity contribution in [2.75, 3.05) is 15.8 Å². The Morgan fingerprint density at radius 2 is 1.38 bits per heavy atom. The molecule has 2 aromatic heterocycles. The summed E-state index contributed by atoms with van der Waals surface area (Å²) >= 11 is 0. The van der Waals surface area contributed by atoms with Crippen molar-refractivity contribution in [1.82, 2.24) is 15.0 Å². The molecule has 0 aliphatic heterocycles. The second-order valence-electron chi connectivity index (χ2n) is 7.30. The molecule has 9 heteroatoms. The van der Waals surface area contributed by atoms with Crippen molar-refractivity contribution < 1.29 is 4.92 Å². The highest BCUT2D eigenvalue weighted by atomic mass is 16.6. The van der Waals surface area contributed by atoms with Crippen LogP contribution in [0.5, 0.6) is 0 Å². The summed E-state index contributed by atoms with van der Waals surface area (Å²) in [7, 11) is 0. The molecule has 9 nitrogen and oxygen atoms in total. The predicted molar refractivity (Wildman–Crippen MR) is 132 cm³/mol. The summed E-state index contributed by atoms with van der Waals surface area (Å²) in [5, 5.41) is 17.9. The van der Waals surface area contributed by atoms with Gasteiger partial charge >= 0.3 is 5.69 Å². The van der Waals surface area contributed by atoms with E-state index in [1.807, 2.05) is 84.9 Å². The fraction of sp³-hybridized carbons (Fsp3) is 0. The molecule has 0 fully saturated rings. The number of aromatic nitrogens is 3. The number of fused-ring (bicyclic) bond motifs is 1. The maximum atomic E-state index is 12.2. The van der Waals surface area contributed by atoms with Crippen LogP contribution >= 0.6 is 0 Å². The molecule has 0 unspecified atom stereocenters. The van der Waals surface area contributed by atoms with Crippen molar-refractivity contribution in [1.29, 1.82) is 0 Å². The molecule has 0 bridgehead atoms. The zero-order chi connectivity index (χ0) is 23.3. The van der Waals surface area contributed by atoms with Gasteiger partial charge in [0.05, 0.1) is 27.5 Å². The van der Waals surface area contributed by atoms with Gasteiger partial charge in [-0.2, -0.15) is 0 Å². The molecule has 5 aromatic rings. The van der Waals surface area contributed by atoms with Gasteiger partial charge in [-0.25, -0.2) is 9.97 Å². The largest absolute Gasteiger partial charge is 0.355 e. The lowest BCUT2D eigenvalue weighted by atomic mass is 10.2. The zero-order valence-electron chi connectivity index (χ0n) is 17.9. The number of nitrogens with one attached hydrogen (secondary N) is 2. The Hall–Kier alpha value is -5.05. The molecule has 0 spiro atoms. The first-order valence-electron chi connectivity index (χ1n) is 10.5. The summed E-state index contributed by atoms with van der Waals surface area (Å²) in [6, 6.07) is 28.3. The van der Waals surface area contributed by atoms with Crippen LogP contribution in [0.1, 0.15) is 0 Å². The van der Waals surface area contributed by atoms with E-state index < -0.39 is 4.92 Å². The van der Waals surface area contributed by atoms with E-state index in [2.05, 4.69) is 25.7 Å². The number of para-hydroxylation sites is 3. The number of benzene rings is 3. The molecule has 0 aliphatic carbocycles. The summed E-state index contributed by atoms with van der Waals surface area (Å²) < 4.78 is 0. The monoisotopic (exact) mass is 449 g/mol. The van der Waals surface area contributed by atoms with E-state index in [9.17, 15) is 10.1 Å². The Balaban J connectivity index is 1.57. The van der Waals surface area contributed by atoms with Crippen LogP contribution < -0.4 is 15.8 Å². The number of pyridine rings is 1. The number of hydrogen-bond acceptors (Lipinski definition) is 8. The van der Waals surface area contributed by atoms with Crippen LogP contribution in [-0.4, -0.2) is 19.9 Å². The number of nitrogens with zero attached hydrogens (tertiary/aromatic N) is 5. The second-order valence-corrected chi connectivity index (χ2v) is 7.30. The molecule has 3 aromatic carbocycles. The average molecular weight is 449 g/mol. The Bertz CT molecular complexity index is 1400. The summed E-state index contributed by atoms with van der Waals surface area (Å²) in [5.74, 6) is 0.102. The predicted octanol–water partition coefficient (Wildman–Crippen LogP) is 5.84. The fourth-order valence-electron chi connectivity index (χ4n) is 3.60. The molecule has 0 saturated carbocycles. The summed E-state index contributed by atoms with van der Waals surface area (Å²) in [5.41, 5.74) is 5.69. The highest BCUT2D eigenvalue weighted by molar-refractivity contribution is 5.93. The normalized spacial score (nSPS) is 10.6. The summed E-state index contributed by atoms with van der Waals surface area (Å²) in [4.78, 5) is 24.4. The maximum Gasteiger partial charge on any atom is 0.355 e. The molecule has 0 amide bonds. The first-order valence-corrected chi connectivity index (χ1v) is 10.5. The van der Waals surface area contributed by atoms with Crippen LogP contribution in [0, 0.1) is 10.1 Å². The molecule has 2 heterocycles. The number of nitro groups is 1. The van der Waals surface area contributed by atoms with Gasteiger partial charge in [-0.05, 0) is 36.4 Å². The van der Waals surface area contributed by atoms with Crippen LogP contribution in [0.3, 0.4) is 0 Å². The van der Waals surface area contributed by atoms with Crippen molar-refractivity contribution in [3.63, 3.8) is 0 Å². The lowest BCUT2D eigenvalue weighted by molar-refractivity contribution is -0.383. The molecule has 0 radical (unpaired) electrons. The topological polar surface area (TPSA) is 109 Å². The Morgan fingerprint density at radius 3 is 2.06 bits per heavy atom. The van der Waals surface area contributed by atoms with Gasteiger partial charge in [0, 0.05) is 11.6 Å². The van der Waals surface area contributed by atoms with Gasteiger partial charge in [-0.15, -0.1) is 0 Å². The number of hydrogen-bond donors (Lipinski definition) is 2. The van der Waals surface area contributed by atoms with Gasteiger partial charge in [0.2, 0.25) is 11.6 Å². The van der Waals surface area contributed by atoms with Crippen LogP contribution in [-0.2, 0) is 0 Å². The first-order chi connectivity index (χ1) is 16.7. The molecular formula is C25H19N7O2. The maximum absolute atomic E-state index is 12.2. The van der Waals surface area contributed by atoms with Gasteiger partial charge < -0.3 is 5.32 Å². The Morgan fingerprint density at radius 1 is 0.735 bits per heavy atom. The van der Waals surface area contributed by atoms with Crippen LogP contribution in [0.25, 0.3) is 10.9 Å². The third-order valence-electron chi connectivity index (χ3n) is 5.14. The third-order valence-corrected chi connectivity index (χ3v) is 5.14. The fourth-order valence-corrected chi connectivity index (χ4v) is 3.60. The van der Waals surface area contributed by atoms with Gasteiger partial charge in [-0.1, -0.05) is 54.6 Å². The summed E-state index contributed by atoms with van der Waals surface area (Å²) in [6.07, 6.45) is 2.96. The standard InChI is InChI=1S/C25H19N7O2/c33-32(34)23-24(29-21-15-7-9-18-10-8-16-26-22(18)21)27-17-28-25(23)30-31(19-11-3-1-4-12-19)20-13-5-2-6-14-20/h1-17H,(H2,27,28,29,30). The quantitative estimate of drug-likeness (QED) is 0.235. The van der Waals surface area contributed by atoms with Crippen LogP contribution in [0.15, 0.2) is 104 Å².